The molecular formula is C17H17F4N5O3S. The van der Waals surface area contributed by atoms with Gasteiger partial charge in [0.15, 0.2) is 5.82 Å². The molecule has 2 aromatic rings. The molecule has 2 aromatic heterocycles. The minimum atomic E-state index is -5.08. The molecular weight excluding hydrogens is 430 g/mol. The van der Waals surface area contributed by atoms with Gasteiger partial charge in [0, 0.05) is 30.9 Å². The summed E-state index contributed by atoms with van der Waals surface area (Å²) in [6.07, 6.45) is -2.76. The van der Waals surface area contributed by atoms with Crippen molar-refractivity contribution >= 4 is 29.2 Å². The number of thiazole rings is 1. The van der Waals surface area contributed by atoms with Gasteiger partial charge in [-0.1, -0.05) is 0 Å². The average molecular weight is 447 g/mol. The standard InChI is InChI=1S/C15H16FN5OS.C2HF3O2/c1-9-19-12(8-23-9)6-20-4-10-5-21(7-13(10)14(20)22)15-17-2-11(16)3-18-15;3-2(4,5)1(6)7/h2-3,8,10,13H,4-7H2,1H3;(H,6,7)/t10-,13+;/m1./s1. The SMILES string of the molecule is Cc1nc(CN2C[C@@H]3CN(c4ncc(F)cn4)C[C@@H]3C2=O)cs1.O=C(O)C(F)(F)F. The van der Waals surface area contributed by atoms with E-state index in [4.69, 9.17) is 9.90 Å². The summed E-state index contributed by atoms with van der Waals surface area (Å²) in [5.74, 6) is -2.29. The van der Waals surface area contributed by atoms with Crippen molar-refractivity contribution in [1.82, 2.24) is 19.9 Å². The molecule has 8 nitrogen and oxygen atoms in total. The van der Waals surface area contributed by atoms with Crippen LogP contribution < -0.4 is 4.90 Å². The van der Waals surface area contributed by atoms with E-state index in [1.165, 1.54) is 0 Å². The van der Waals surface area contributed by atoms with Gasteiger partial charge in [-0.15, -0.1) is 11.3 Å². The Morgan fingerprint density at radius 1 is 1.27 bits per heavy atom. The lowest BCUT2D eigenvalue weighted by atomic mass is 10.0. The molecule has 2 fully saturated rings. The van der Waals surface area contributed by atoms with Crippen molar-refractivity contribution in [1.29, 1.82) is 0 Å². The van der Waals surface area contributed by atoms with Crippen LogP contribution in [0.25, 0.3) is 0 Å². The molecule has 2 atom stereocenters. The first kappa shape index (κ1) is 21.9. The maximum atomic E-state index is 12.9. The van der Waals surface area contributed by atoms with Crippen molar-refractivity contribution in [3.05, 3.63) is 34.3 Å². The first-order valence-corrected chi connectivity index (χ1v) is 9.65. The topological polar surface area (TPSA) is 99.5 Å². The van der Waals surface area contributed by atoms with Gasteiger partial charge in [-0.25, -0.2) is 24.1 Å². The smallest absolute Gasteiger partial charge is 0.475 e. The average Bonchev–Trinajstić information content (AvgIpc) is 3.33. The second-order valence-electron chi connectivity index (χ2n) is 6.85. The molecule has 1 amide bonds. The largest absolute Gasteiger partial charge is 0.490 e. The Morgan fingerprint density at radius 2 is 1.90 bits per heavy atom. The van der Waals surface area contributed by atoms with Crippen LogP contribution in [-0.2, 0) is 16.1 Å². The molecule has 30 heavy (non-hydrogen) atoms. The Hall–Kier alpha value is -2.83. The lowest BCUT2D eigenvalue weighted by Crippen LogP contribution is -2.33. The second-order valence-corrected chi connectivity index (χ2v) is 7.91. The number of hydrogen-bond acceptors (Lipinski definition) is 7. The van der Waals surface area contributed by atoms with E-state index in [9.17, 15) is 22.4 Å². The van der Waals surface area contributed by atoms with Gasteiger partial charge in [-0.2, -0.15) is 13.2 Å². The van der Waals surface area contributed by atoms with Crippen LogP contribution in [0.3, 0.4) is 0 Å². The molecule has 0 unspecified atom stereocenters. The molecule has 0 aliphatic carbocycles. The second kappa shape index (κ2) is 8.50. The van der Waals surface area contributed by atoms with Crippen molar-refractivity contribution < 1.29 is 32.3 Å². The number of fused-ring (bicyclic) bond motifs is 1. The zero-order valence-corrected chi connectivity index (χ0v) is 16.5. The minimum absolute atomic E-state index is 0.0246. The van der Waals surface area contributed by atoms with Crippen LogP contribution in [0.15, 0.2) is 17.8 Å². The molecule has 0 bridgehead atoms. The van der Waals surface area contributed by atoms with Crippen molar-refractivity contribution in [3.63, 3.8) is 0 Å². The summed E-state index contributed by atoms with van der Waals surface area (Å²) in [5.41, 5.74) is 0.958. The van der Waals surface area contributed by atoms with Crippen LogP contribution >= 0.6 is 11.3 Å². The number of hydrogen-bond donors (Lipinski definition) is 1. The van der Waals surface area contributed by atoms with E-state index in [0.29, 0.717) is 19.0 Å². The maximum Gasteiger partial charge on any atom is 0.490 e. The Morgan fingerprint density at radius 3 is 2.40 bits per heavy atom. The summed E-state index contributed by atoms with van der Waals surface area (Å²) >= 11 is 1.60. The Bertz CT molecular complexity index is 921. The highest BCUT2D eigenvalue weighted by Gasteiger charge is 2.46. The van der Waals surface area contributed by atoms with Crippen LogP contribution in [0.2, 0.25) is 0 Å². The maximum absolute atomic E-state index is 12.9. The summed E-state index contributed by atoms with van der Waals surface area (Å²) in [5, 5.41) is 10.2. The van der Waals surface area contributed by atoms with E-state index < -0.39 is 18.0 Å². The van der Waals surface area contributed by atoms with Gasteiger partial charge >= 0.3 is 12.1 Å². The predicted octanol–water partition coefficient (Wildman–Crippen LogP) is 2.11. The van der Waals surface area contributed by atoms with Crippen LogP contribution in [0.1, 0.15) is 10.7 Å². The third-order valence-electron chi connectivity index (χ3n) is 4.68. The monoisotopic (exact) mass is 447 g/mol. The van der Waals surface area contributed by atoms with Gasteiger partial charge in [0.05, 0.1) is 35.6 Å². The molecule has 0 spiro atoms. The van der Waals surface area contributed by atoms with Crippen LogP contribution in [0.5, 0.6) is 0 Å². The Balaban J connectivity index is 0.000000318. The fraction of sp³-hybridized carbons (Fsp3) is 0.471. The molecule has 2 aliphatic heterocycles. The number of aliphatic carboxylic acids is 1. The van der Waals surface area contributed by atoms with Gasteiger partial charge < -0.3 is 14.9 Å². The van der Waals surface area contributed by atoms with Crippen molar-refractivity contribution in [2.75, 3.05) is 24.5 Å². The highest BCUT2D eigenvalue weighted by Crippen LogP contribution is 2.34. The quantitative estimate of drug-likeness (QED) is 0.720. The fourth-order valence-electron chi connectivity index (χ4n) is 3.39. The third-order valence-corrected chi connectivity index (χ3v) is 5.50. The molecule has 1 N–H and O–H groups in total. The lowest BCUT2D eigenvalue weighted by Gasteiger charge is -2.21. The number of amides is 1. The summed E-state index contributed by atoms with van der Waals surface area (Å²) in [4.78, 5) is 37.8. The zero-order valence-electron chi connectivity index (χ0n) is 15.6. The summed E-state index contributed by atoms with van der Waals surface area (Å²) in [6.45, 7) is 4.62. The molecule has 13 heteroatoms. The van der Waals surface area contributed by atoms with Gasteiger partial charge in [0.25, 0.3) is 0 Å². The highest BCUT2D eigenvalue weighted by atomic mass is 32.1. The predicted molar refractivity (Wildman–Crippen MR) is 97.1 cm³/mol. The van der Waals surface area contributed by atoms with Crippen LogP contribution in [0, 0.1) is 24.6 Å². The number of aromatic nitrogens is 3. The van der Waals surface area contributed by atoms with E-state index in [2.05, 4.69) is 15.0 Å². The number of rotatable bonds is 3. The number of halogens is 4. The fourth-order valence-corrected chi connectivity index (χ4v) is 4.00. The van der Waals surface area contributed by atoms with Crippen molar-refractivity contribution in [3.8, 4) is 0 Å². The number of aryl methyl sites for hydroxylation is 1. The molecule has 2 aliphatic rings. The number of anilines is 1. The van der Waals surface area contributed by atoms with E-state index in [0.717, 1.165) is 36.2 Å². The van der Waals surface area contributed by atoms with Crippen LogP contribution in [-0.4, -0.2) is 62.6 Å². The van der Waals surface area contributed by atoms with Gasteiger partial charge in [-0.05, 0) is 6.92 Å². The molecule has 4 heterocycles. The molecule has 162 valence electrons. The van der Waals surface area contributed by atoms with Gasteiger partial charge in [0.1, 0.15) is 0 Å². The van der Waals surface area contributed by atoms with Gasteiger partial charge in [0.2, 0.25) is 11.9 Å². The van der Waals surface area contributed by atoms with E-state index in [1.54, 1.807) is 11.3 Å². The molecule has 2 saturated heterocycles. The number of carbonyl (C=O) groups is 2. The molecule has 4 rings (SSSR count). The summed E-state index contributed by atoms with van der Waals surface area (Å²) in [7, 11) is 0. The normalized spacial score (nSPS) is 20.8. The molecule has 0 radical (unpaired) electrons. The van der Waals surface area contributed by atoms with Crippen LogP contribution in [0.4, 0.5) is 23.5 Å². The highest BCUT2D eigenvalue weighted by molar-refractivity contribution is 7.09. The number of carboxylic acid groups (broad SMARTS) is 1. The molecule has 0 saturated carbocycles. The molecule has 0 aromatic carbocycles. The first-order valence-electron chi connectivity index (χ1n) is 8.77. The summed E-state index contributed by atoms with van der Waals surface area (Å²) in [6, 6.07) is 0. The lowest BCUT2D eigenvalue weighted by molar-refractivity contribution is -0.192. The van der Waals surface area contributed by atoms with Gasteiger partial charge in [-0.3, -0.25) is 4.79 Å². The summed E-state index contributed by atoms with van der Waals surface area (Å²) < 4.78 is 44.7. The third kappa shape index (κ3) is 5.01. The first-order chi connectivity index (χ1) is 14.0. The number of likely N-dealkylation sites (tertiary alicyclic amines) is 1. The van der Waals surface area contributed by atoms with E-state index in [1.807, 2.05) is 22.1 Å². The minimum Gasteiger partial charge on any atom is -0.475 e. The van der Waals surface area contributed by atoms with E-state index in [-0.39, 0.29) is 17.7 Å². The number of carboxylic acids is 1. The number of nitrogens with zero attached hydrogens (tertiary/aromatic N) is 5. The number of alkyl halides is 3. The Labute approximate surface area is 172 Å². The van der Waals surface area contributed by atoms with Crippen molar-refractivity contribution in [2.45, 2.75) is 19.6 Å². The zero-order chi connectivity index (χ0) is 22.1. The Kier molecular flexibility index (Phi) is 6.19. The number of carbonyl (C=O) groups excluding carboxylic acids is 1. The van der Waals surface area contributed by atoms with Crippen molar-refractivity contribution in [2.24, 2.45) is 11.8 Å². The van der Waals surface area contributed by atoms with E-state index >= 15 is 0 Å².